The molecule has 1 N–H and O–H groups in total. The van der Waals surface area contributed by atoms with E-state index in [1.54, 1.807) is 29.6 Å². The minimum atomic E-state index is -0.918. The third-order valence-electron chi connectivity index (χ3n) is 2.87. The fourth-order valence-electron chi connectivity index (χ4n) is 1.85. The first kappa shape index (κ1) is 14.9. The van der Waals surface area contributed by atoms with Crippen LogP contribution in [0.5, 0.6) is 0 Å². The van der Waals surface area contributed by atoms with Crippen LogP contribution in [0, 0.1) is 0 Å². The Morgan fingerprint density at radius 1 is 1.30 bits per heavy atom. The second-order valence-electron chi connectivity index (χ2n) is 4.45. The Kier molecular flexibility index (Phi) is 4.15. The lowest BCUT2D eigenvalue weighted by Crippen LogP contribution is -2.23. The number of esters is 1. The summed E-state index contributed by atoms with van der Waals surface area (Å²) in [7, 11) is 0. The highest BCUT2D eigenvalue weighted by atomic mass is 32.1. The predicted molar refractivity (Wildman–Crippen MR) is 83.5 cm³/mol. The molecule has 7 nitrogen and oxygen atoms in total. The molecular formula is C15H10N2O5S. The van der Waals surface area contributed by atoms with Crippen LogP contribution in [0.3, 0.4) is 0 Å². The second-order valence-corrected chi connectivity index (χ2v) is 5.34. The maximum Gasteiger partial charge on any atom is 0.351 e. The standard InChI is InChI=1S/C15H10N2O5S/c18-12(17-15-16-5-6-23-15)8-21-13(19)10-7-9-3-1-2-4-11(9)22-14(10)20/h1-7H,8H2,(H,16,17,18). The maximum atomic E-state index is 11.9. The van der Waals surface area contributed by atoms with Crippen molar-refractivity contribution < 1.29 is 18.7 Å². The van der Waals surface area contributed by atoms with Gasteiger partial charge in [0.25, 0.3) is 5.91 Å². The molecule has 2 heterocycles. The largest absolute Gasteiger partial charge is 0.452 e. The highest BCUT2D eigenvalue weighted by Gasteiger charge is 2.16. The van der Waals surface area contributed by atoms with Gasteiger partial charge in [0.2, 0.25) is 0 Å². The predicted octanol–water partition coefficient (Wildman–Crippen LogP) is 2.04. The van der Waals surface area contributed by atoms with Crippen molar-refractivity contribution in [3.8, 4) is 0 Å². The van der Waals surface area contributed by atoms with Gasteiger partial charge in [0, 0.05) is 17.0 Å². The number of amides is 1. The number of anilines is 1. The highest BCUT2D eigenvalue weighted by Crippen LogP contribution is 2.13. The number of aromatic nitrogens is 1. The summed E-state index contributed by atoms with van der Waals surface area (Å²) in [5.74, 6) is -1.46. The second kappa shape index (κ2) is 6.41. The lowest BCUT2D eigenvalue weighted by Gasteiger charge is -2.04. The molecule has 0 aliphatic heterocycles. The van der Waals surface area contributed by atoms with E-state index in [0.717, 1.165) is 0 Å². The van der Waals surface area contributed by atoms with Gasteiger partial charge in [-0.2, -0.15) is 0 Å². The number of carbonyl (C=O) groups is 2. The summed E-state index contributed by atoms with van der Waals surface area (Å²) in [6, 6.07) is 8.16. The average Bonchev–Trinajstić information content (AvgIpc) is 3.05. The molecule has 23 heavy (non-hydrogen) atoms. The quantitative estimate of drug-likeness (QED) is 0.580. The fraction of sp³-hybridized carbons (Fsp3) is 0.0667. The van der Waals surface area contributed by atoms with E-state index >= 15 is 0 Å². The SMILES string of the molecule is O=C(COC(=O)c1cc2ccccc2oc1=O)Nc1nccs1. The molecule has 3 aromatic rings. The number of thiazole rings is 1. The van der Waals surface area contributed by atoms with E-state index < -0.39 is 24.1 Å². The van der Waals surface area contributed by atoms with Crippen LogP contribution in [-0.2, 0) is 9.53 Å². The number of nitrogens with zero attached hydrogens (tertiary/aromatic N) is 1. The number of ether oxygens (including phenoxy) is 1. The van der Waals surface area contributed by atoms with E-state index in [1.165, 1.54) is 23.6 Å². The van der Waals surface area contributed by atoms with Gasteiger partial charge in [-0.15, -0.1) is 11.3 Å². The van der Waals surface area contributed by atoms with Crippen LogP contribution < -0.4 is 10.9 Å². The molecule has 0 saturated heterocycles. The zero-order valence-corrected chi connectivity index (χ0v) is 12.5. The van der Waals surface area contributed by atoms with Crippen molar-refractivity contribution in [1.29, 1.82) is 0 Å². The summed E-state index contributed by atoms with van der Waals surface area (Å²) in [6.07, 6.45) is 1.53. The lowest BCUT2D eigenvalue weighted by atomic mass is 10.2. The molecule has 0 radical (unpaired) electrons. The Morgan fingerprint density at radius 2 is 2.13 bits per heavy atom. The van der Waals surface area contributed by atoms with Gasteiger partial charge in [0.1, 0.15) is 11.1 Å². The summed E-state index contributed by atoms with van der Waals surface area (Å²) < 4.78 is 9.87. The molecule has 2 aromatic heterocycles. The van der Waals surface area contributed by atoms with Gasteiger partial charge in [-0.1, -0.05) is 18.2 Å². The molecule has 0 spiro atoms. The maximum absolute atomic E-state index is 11.9. The summed E-state index contributed by atoms with van der Waals surface area (Å²) in [6.45, 7) is -0.523. The highest BCUT2D eigenvalue weighted by molar-refractivity contribution is 7.13. The molecule has 0 bridgehead atoms. The van der Waals surface area contributed by atoms with Gasteiger partial charge in [-0.05, 0) is 12.1 Å². The molecule has 0 saturated carbocycles. The average molecular weight is 330 g/mol. The van der Waals surface area contributed by atoms with Crippen molar-refractivity contribution in [3.05, 3.63) is 57.9 Å². The third kappa shape index (κ3) is 3.43. The normalized spacial score (nSPS) is 10.4. The molecule has 0 unspecified atom stereocenters. The molecule has 8 heteroatoms. The number of carbonyl (C=O) groups excluding carboxylic acids is 2. The van der Waals surface area contributed by atoms with Gasteiger partial charge in [0.15, 0.2) is 11.7 Å². The number of hydrogen-bond acceptors (Lipinski definition) is 7. The van der Waals surface area contributed by atoms with E-state index in [-0.39, 0.29) is 5.56 Å². The number of rotatable bonds is 4. The van der Waals surface area contributed by atoms with Crippen LogP contribution in [-0.4, -0.2) is 23.5 Å². The molecule has 1 amide bonds. The lowest BCUT2D eigenvalue weighted by molar-refractivity contribution is -0.119. The van der Waals surface area contributed by atoms with Gasteiger partial charge in [-0.25, -0.2) is 14.6 Å². The molecule has 1 aromatic carbocycles. The molecule has 116 valence electrons. The van der Waals surface area contributed by atoms with Crippen molar-refractivity contribution in [1.82, 2.24) is 4.98 Å². The van der Waals surface area contributed by atoms with Crippen LogP contribution >= 0.6 is 11.3 Å². The molecule has 3 rings (SSSR count). The van der Waals surface area contributed by atoms with Crippen molar-refractivity contribution >= 4 is 39.3 Å². The van der Waals surface area contributed by atoms with Crippen molar-refractivity contribution in [3.63, 3.8) is 0 Å². The molecule has 0 aliphatic rings. The van der Waals surface area contributed by atoms with Crippen LogP contribution in [0.25, 0.3) is 11.0 Å². The van der Waals surface area contributed by atoms with Gasteiger partial charge in [-0.3, -0.25) is 10.1 Å². The zero-order valence-electron chi connectivity index (χ0n) is 11.6. The Bertz CT molecular complexity index is 917. The molecule has 0 fully saturated rings. The van der Waals surface area contributed by atoms with Crippen molar-refractivity contribution in [2.45, 2.75) is 0 Å². The van der Waals surface area contributed by atoms with E-state index in [4.69, 9.17) is 9.15 Å². The van der Waals surface area contributed by atoms with Gasteiger partial charge >= 0.3 is 11.6 Å². The van der Waals surface area contributed by atoms with E-state index in [1.807, 2.05) is 0 Å². The monoisotopic (exact) mass is 330 g/mol. The first-order chi connectivity index (χ1) is 11.1. The van der Waals surface area contributed by atoms with Gasteiger partial charge in [0.05, 0.1) is 0 Å². The molecule has 0 atom stereocenters. The van der Waals surface area contributed by atoms with Gasteiger partial charge < -0.3 is 9.15 Å². The van der Waals surface area contributed by atoms with Crippen LogP contribution in [0.2, 0.25) is 0 Å². The van der Waals surface area contributed by atoms with E-state index in [9.17, 15) is 14.4 Å². The fourth-order valence-corrected chi connectivity index (χ4v) is 2.40. The number of para-hydroxylation sites is 1. The topological polar surface area (TPSA) is 98.5 Å². The first-order valence-electron chi connectivity index (χ1n) is 6.53. The summed E-state index contributed by atoms with van der Waals surface area (Å²) in [5.41, 5.74) is -0.699. The number of nitrogens with one attached hydrogen (secondary N) is 1. The van der Waals surface area contributed by atoms with E-state index in [2.05, 4.69) is 10.3 Å². The molecule has 0 aliphatic carbocycles. The van der Waals surface area contributed by atoms with Crippen LogP contribution in [0.4, 0.5) is 5.13 Å². The van der Waals surface area contributed by atoms with Crippen LogP contribution in [0.1, 0.15) is 10.4 Å². The number of benzene rings is 1. The molecular weight excluding hydrogens is 320 g/mol. The van der Waals surface area contributed by atoms with Crippen LogP contribution in [0.15, 0.2) is 51.1 Å². The van der Waals surface area contributed by atoms with Crippen molar-refractivity contribution in [2.75, 3.05) is 11.9 Å². The number of hydrogen-bond donors (Lipinski definition) is 1. The zero-order chi connectivity index (χ0) is 16.2. The Balaban J connectivity index is 1.69. The Hall–Kier alpha value is -3.00. The smallest absolute Gasteiger partial charge is 0.351 e. The van der Waals surface area contributed by atoms with Crippen molar-refractivity contribution in [2.24, 2.45) is 0 Å². The Morgan fingerprint density at radius 3 is 2.91 bits per heavy atom. The summed E-state index contributed by atoms with van der Waals surface area (Å²) in [5, 5.41) is 5.15. The van der Waals surface area contributed by atoms with E-state index in [0.29, 0.717) is 16.1 Å². The summed E-state index contributed by atoms with van der Waals surface area (Å²) >= 11 is 1.24. The Labute approximate surface area is 133 Å². The minimum Gasteiger partial charge on any atom is -0.452 e. The first-order valence-corrected chi connectivity index (χ1v) is 7.41. The number of fused-ring (bicyclic) bond motifs is 1. The minimum absolute atomic E-state index is 0.259. The third-order valence-corrected chi connectivity index (χ3v) is 3.56. The summed E-state index contributed by atoms with van der Waals surface area (Å²) in [4.78, 5) is 39.2.